The van der Waals surface area contributed by atoms with Crippen molar-refractivity contribution in [2.45, 2.75) is 42.3 Å². The molecule has 1 aromatic carbocycles. The molecule has 0 spiro atoms. The zero-order chi connectivity index (χ0) is 23.4. The molecule has 2 aliphatic rings. The van der Waals surface area contributed by atoms with Gasteiger partial charge in [-0.05, 0) is 81.9 Å². The van der Waals surface area contributed by atoms with E-state index in [2.05, 4.69) is 25.1 Å². The Kier molecular flexibility index (Phi) is 7.14. The first-order chi connectivity index (χ1) is 15.9. The molecular weight excluding hydrogens is 436 g/mol. The van der Waals surface area contributed by atoms with E-state index in [1.54, 1.807) is 13.0 Å². The summed E-state index contributed by atoms with van der Waals surface area (Å²) in [7, 11) is 1.99. The van der Waals surface area contributed by atoms with E-state index in [1.807, 2.05) is 37.4 Å². The summed E-state index contributed by atoms with van der Waals surface area (Å²) in [6, 6.07) is 9.50. The van der Waals surface area contributed by atoms with Gasteiger partial charge in [-0.2, -0.15) is 0 Å². The summed E-state index contributed by atoms with van der Waals surface area (Å²) in [6.07, 6.45) is 4.71. The number of hydrogen-bond donors (Lipinski definition) is 3. The van der Waals surface area contributed by atoms with Gasteiger partial charge in [-0.15, -0.1) is 0 Å². The van der Waals surface area contributed by atoms with Crippen molar-refractivity contribution in [3.8, 4) is 0 Å². The lowest BCUT2D eigenvalue weighted by Crippen LogP contribution is -2.37. The summed E-state index contributed by atoms with van der Waals surface area (Å²) in [5.74, 6) is 1.67. The highest BCUT2D eigenvalue weighted by atomic mass is 32.2. The molecule has 1 unspecified atom stereocenters. The van der Waals surface area contributed by atoms with Crippen molar-refractivity contribution in [3.05, 3.63) is 42.1 Å². The molecule has 5 N–H and O–H groups in total. The van der Waals surface area contributed by atoms with Crippen LogP contribution in [-0.4, -0.2) is 59.3 Å². The van der Waals surface area contributed by atoms with Gasteiger partial charge >= 0.3 is 0 Å². The lowest BCUT2D eigenvalue weighted by Gasteiger charge is -2.32. The average molecular weight is 467 g/mol. The van der Waals surface area contributed by atoms with E-state index in [-0.39, 0.29) is 11.9 Å². The Morgan fingerprint density at radius 3 is 2.55 bits per heavy atom. The van der Waals surface area contributed by atoms with Crippen molar-refractivity contribution >= 4 is 40.8 Å². The SMILES string of the molecule is C/C(N)=C/C(N)=N\c1cc(N2CCC2)nc(Sc2ccc(NC(=O)C3CCCN3C)cc2)n1. The van der Waals surface area contributed by atoms with Crippen LogP contribution in [0, 0.1) is 0 Å². The second kappa shape index (κ2) is 10.2. The summed E-state index contributed by atoms with van der Waals surface area (Å²) < 4.78 is 0. The Morgan fingerprint density at radius 1 is 1.18 bits per heavy atom. The van der Waals surface area contributed by atoms with E-state index in [1.165, 1.54) is 11.8 Å². The number of rotatable bonds is 7. The molecule has 1 amide bonds. The van der Waals surface area contributed by atoms with Crippen molar-refractivity contribution in [1.82, 2.24) is 14.9 Å². The van der Waals surface area contributed by atoms with E-state index in [0.29, 0.717) is 22.5 Å². The van der Waals surface area contributed by atoms with Crippen molar-refractivity contribution in [3.63, 3.8) is 0 Å². The topological polar surface area (TPSA) is 126 Å². The molecule has 2 fully saturated rings. The molecule has 1 atom stereocenters. The van der Waals surface area contributed by atoms with Crippen LogP contribution in [0.25, 0.3) is 0 Å². The molecule has 2 aliphatic heterocycles. The average Bonchev–Trinajstić information content (AvgIpc) is 3.13. The predicted octanol–water partition coefficient (Wildman–Crippen LogP) is 2.72. The number of likely N-dealkylation sites (tertiary alicyclic amines) is 1. The van der Waals surface area contributed by atoms with Crippen molar-refractivity contribution in [1.29, 1.82) is 0 Å². The van der Waals surface area contributed by atoms with Gasteiger partial charge in [-0.1, -0.05) is 0 Å². The zero-order valence-corrected chi connectivity index (χ0v) is 19.8. The molecule has 3 heterocycles. The van der Waals surface area contributed by atoms with E-state index in [0.717, 1.165) is 55.3 Å². The standard InChI is InChI=1S/C23H30N8OS/c1-15(24)13-19(25)27-20-14-21(31-11-4-12-31)29-23(28-20)33-17-8-6-16(7-9-17)26-22(32)18-5-3-10-30(18)2/h6-9,13-14,18H,3-5,10-12,24H2,1-2H3,(H,26,32)(H2,25,27,28,29)/b15-13-. The Balaban J connectivity index is 1.48. The third-order valence-electron chi connectivity index (χ3n) is 5.63. The summed E-state index contributed by atoms with van der Waals surface area (Å²) >= 11 is 1.44. The molecule has 33 heavy (non-hydrogen) atoms. The van der Waals surface area contributed by atoms with Crippen LogP contribution in [0.1, 0.15) is 26.2 Å². The number of nitrogens with two attached hydrogens (primary N) is 2. The second-order valence-electron chi connectivity index (χ2n) is 8.39. The Hall–Kier alpha value is -3.11. The number of nitrogens with one attached hydrogen (secondary N) is 1. The molecule has 0 aliphatic carbocycles. The van der Waals surface area contributed by atoms with Gasteiger partial charge in [-0.3, -0.25) is 9.69 Å². The van der Waals surface area contributed by atoms with E-state index in [9.17, 15) is 4.79 Å². The van der Waals surface area contributed by atoms with Gasteiger partial charge in [0.25, 0.3) is 0 Å². The minimum atomic E-state index is -0.0546. The lowest BCUT2D eigenvalue weighted by molar-refractivity contribution is -0.119. The Morgan fingerprint density at radius 2 is 1.94 bits per heavy atom. The third-order valence-corrected chi connectivity index (χ3v) is 6.50. The van der Waals surface area contributed by atoms with Gasteiger partial charge in [0.05, 0.1) is 6.04 Å². The molecule has 0 radical (unpaired) electrons. The molecule has 0 bridgehead atoms. The quantitative estimate of drug-likeness (QED) is 0.323. The first kappa shape index (κ1) is 23.1. The van der Waals surface area contributed by atoms with Gasteiger partial charge < -0.3 is 21.7 Å². The van der Waals surface area contributed by atoms with E-state index >= 15 is 0 Å². The lowest BCUT2D eigenvalue weighted by atomic mass is 10.2. The highest BCUT2D eigenvalue weighted by Gasteiger charge is 2.27. The highest BCUT2D eigenvalue weighted by Crippen LogP contribution is 2.31. The molecule has 1 aromatic heterocycles. The fraction of sp³-hybridized carbons (Fsp3) is 0.391. The van der Waals surface area contributed by atoms with Crippen LogP contribution in [0.4, 0.5) is 17.3 Å². The number of allylic oxidation sites excluding steroid dienone is 1. The maximum Gasteiger partial charge on any atom is 0.241 e. The number of likely N-dealkylation sites (N-methyl/N-ethyl adjacent to an activating group) is 1. The van der Waals surface area contributed by atoms with Gasteiger partial charge in [0.1, 0.15) is 11.7 Å². The van der Waals surface area contributed by atoms with Crippen molar-refractivity contribution < 1.29 is 4.79 Å². The summed E-state index contributed by atoms with van der Waals surface area (Å²) in [5, 5.41) is 3.60. The smallest absolute Gasteiger partial charge is 0.241 e. The number of amides is 1. The van der Waals surface area contributed by atoms with Crippen LogP contribution < -0.4 is 21.7 Å². The van der Waals surface area contributed by atoms with Gasteiger partial charge in [0.15, 0.2) is 11.0 Å². The van der Waals surface area contributed by atoms with Crippen molar-refractivity contribution in [2.24, 2.45) is 16.5 Å². The monoisotopic (exact) mass is 466 g/mol. The van der Waals surface area contributed by atoms with Gasteiger partial charge in [-0.25, -0.2) is 15.0 Å². The number of carbonyl (C=O) groups excluding carboxylic acids is 1. The summed E-state index contributed by atoms with van der Waals surface area (Å²) in [6.45, 7) is 4.65. The Bertz CT molecular complexity index is 1060. The Labute approximate surface area is 198 Å². The van der Waals surface area contributed by atoms with E-state index < -0.39 is 0 Å². The number of amidine groups is 1. The van der Waals surface area contributed by atoms with Gasteiger partial charge in [0.2, 0.25) is 5.91 Å². The second-order valence-corrected chi connectivity index (χ2v) is 9.43. The number of hydrogen-bond acceptors (Lipinski definition) is 8. The maximum absolute atomic E-state index is 12.5. The predicted molar refractivity (Wildman–Crippen MR) is 133 cm³/mol. The maximum atomic E-state index is 12.5. The number of nitrogens with zero attached hydrogens (tertiary/aromatic N) is 5. The molecule has 9 nitrogen and oxygen atoms in total. The molecule has 4 rings (SSSR count). The van der Waals surface area contributed by atoms with Crippen LogP contribution in [0.15, 0.2) is 57.1 Å². The molecular formula is C23H30N8OS. The fourth-order valence-corrected chi connectivity index (χ4v) is 4.55. The number of benzene rings is 1. The number of aliphatic imine (C=N–C) groups is 1. The van der Waals surface area contributed by atoms with Crippen LogP contribution in [-0.2, 0) is 4.79 Å². The largest absolute Gasteiger partial charge is 0.402 e. The molecule has 174 valence electrons. The zero-order valence-electron chi connectivity index (χ0n) is 19.0. The molecule has 0 saturated carbocycles. The fourth-order valence-electron chi connectivity index (χ4n) is 3.79. The number of anilines is 2. The van der Waals surface area contributed by atoms with Gasteiger partial charge in [0, 0.05) is 35.4 Å². The molecule has 10 heteroatoms. The van der Waals surface area contributed by atoms with Crippen LogP contribution in [0.3, 0.4) is 0 Å². The highest BCUT2D eigenvalue weighted by molar-refractivity contribution is 7.99. The van der Waals surface area contributed by atoms with Crippen molar-refractivity contribution in [2.75, 3.05) is 36.9 Å². The van der Waals surface area contributed by atoms with Crippen LogP contribution >= 0.6 is 11.8 Å². The number of aromatic nitrogens is 2. The number of carbonyl (C=O) groups is 1. The van der Waals surface area contributed by atoms with Crippen LogP contribution in [0.2, 0.25) is 0 Å². The normalized spacial score (nSPS) is 19.5. The minimum Gasteiger partial charge on any atom is -0.402 e. The molecule has 2 aromatic rings. The minimum absolute atomic E-state index is 0.0443. The first-order valence-corrected chi connectivity index (χ1v) is 11.9. The summed E-state index contributed by atoms with van der Waals surface area (Å²) in [5.41, 5.74) is 13.0. The van der Waals surface area contributed by atoms with E-state index in [4.69, 9.17) is 16.5 Å². The third kappa shape index (κ3) is 6.02. The summed E-state index contributed by atoms with van der Waals surface area (Å²) in [4.78, 5) is 31.4. The first-order valence-electron chi connectivity index (χ1n) is 11.1. The molecule has 2 saturated heterocycles. The van der Waals surface area contributed by atoms with Crippen LogP contribution in [0.5, 0.6) is 0 Å².